The molecule has 6 aromatic rings. The summed E-state index contributed by atoms with van der Waals surface area (Å²) in [4.78, 5) is 13.6. The molecule has 245 valence electrons. The molecule has 1 fully saturated rings. The zero-order chi connectivity index (χ0) is 33.4. The van der Waals surface area contributed by atoms with E-state index in [4.69, 9.17) is 5.79 Å². The van der Waals surface area contributed by atoms with Gasteiger partial charge in [0.1, 0.15) is 0 Å². The first kappa shape index (κ1) is 33.5. The van der Waals surface area contributed by atoms with Crippen LogP contribution in [-0.2, 0) is 25.5 Å². The Hall–Kier alpha value is -3.44. The maximum atomic E-state index is 8.44. The van der Waals surface area contributed by atoms with Crippen LogP contribution in [0.25, 0.3) is 44.6 Å². The fraction of sp³-hybridized carbons (Fsp3) is 0.341. The molecule has 0 N–H and O–H groups in total. The fourth-order valence-electron chi connectivity index (χ4n) is 6.78. The van der Waals surface area contributed by atoms with Crippen LogP contribution in [0.3, 0.4) is 0 Å². The first-order valence-electron chi connectivity index (χ1n) is 17.0. The molecule has 1 aliphatic carbocycles. The first-order chi connectivity index (χ1) is 22.3. The summed E-state index contributed by atoms with van der Waals surface area (Å²) in [6.07, 6.45) is 11.0. The first-order valence-corrected chi connectivity index (χ1v) is 20.0. The maximum absolute atomic E-state index is 8.44. The van der Waals surface area contributed by atoms with Gasteiger partial charge in [-0.15, -0.1) is 54.1 Å². The molecule has 6 heteroatoms. The molecule has 0 unspecified atom stereocenters. The number of hydrogen-bond donors (Lipinski definition) is 0. The standard InChI is InChI=1S/C24H23N2O.C17H22NSi.Ir/c1-24(2,16-7-3-4-8-16)17-12-14-25-21(15-17)20-10-5-9-18-19-11-6-13-26-23(19)27-22(18)20;1-13(2)15-11-16(14-9-7-6-8-10-14)18-12-17(15)19(3,4)5;/h5-6,9,11-16H,3-4,7-8H2,1-2H3;6-9,11-13H,1-5H3;/q2*-1;/i;13D;. The fourth-order valence-corrected chi connectivity index (χ4v) is 8.37. The van der Waals surface area contributed by atoms with Crippen LogP contribution >= 0.6 is 0 Å². The van der Waals surface area contributed by atoms with E-state index in [2.05, 4.69) is 78.8 Å². The van der Waals surface area contributed by atoms with E-state index in [0.717, 1.165) is 50.4 Å². The Morgan fingerprint density at radius 2 is 1.66 bits per heavy atom. The van der Waals surface area contributed by atoms with Crippen LogP contribution in [0.4, 0.5) is 0 Å². The van der Waals surface area contributed by atoms with Crippen molar-refractivity contribution in [3.63, 3.8) is 0 Å². The Labute approximate surface area is 296 Å². The van der Waals surface area contributed by atoms with Gasteiger partial charge in [-0.3, -0.25) is 0 Å². The monoisotopic (exact) mass is 817 g/mol. The quantitative estimate of drug-likeness (QED) is 0.124. The summed E-state index contributed by atoms with van der Waals surface area (Å²) in [5.74, 6) is 0.130. The molecule has 0 amide bonds. The Morgan fingerprint density at radius 1 is 0.872 bits per heavy atom. The summed E-state index contributed by atoms with van der Waals surface area (Å²) in [7, 11) is -1.50. The normalized spacial score (nSPS) is 14.4. The number of benzene rings is 2. The molecule has 4 nitrogen and oxygen atoms in total. The number of aromatic nitrogens is 3. The SMILES string of the molecule is CC(C)(c1ccnc(-c2[c-]ccc3c2oc2ncccc23)c1)C1CCCC1.[2H]C(C)(C)c1cc(-c2[c-]cccc2)ncc1[Si](C)(C)C.[Ir]. The number of hydrogen-bond acceptors (Lipinski definition) is 4. The third-order valence-corrected chi connectivity index (χ3v) is 11.6. The second kappa shape index (κ2) is 14.4. The van der Waals surface area contributed by atoms with Gasteiger partial charge in [0.2, 0.25) is 5.71 Å². The topological polar surface area (TPSA) is 51.8 Å². The third kappa shape index (κ3) is 7.35. The molecule has 0 saturated heterocycles. The molecular weight excluding hydrogens is 771 g/mol. The van der Waals surface area contributed by atoms with Crippen LogP contribution < -0.4 is 5.19 Å². The van der Waals surface area contributed by atoms with Gasteiger partial charge in [-0.25, -0.2) is 4.98 Å². The van der Waals surface area contributed by atoms with Crippen molar-refractivity contribution in [2.24, 2.45) is 5.92 Å². The predicted octanol–water partition coefficient (Wildman–Crippen LogP) is 10.5. The predicted molar refractivity (Wildman–Crippen MR) is 194 cm³/mol. The molecule has 4 heterocycles. The second-order valence-electron chi connectivity index (χ2n) is 14.3. The van der Waals surface area contributed by atoms with E-state index in [-0.39, 0.29) is 25.5 Å². The molecule has 0 aliphatic heterocycles. The van der Waals surface area contributed by atoms with Crippen molar-refractivity contribution >= 4 is 35.3 Å². The molecule has 1 saturated carbocycles. The molecule has 0 spiro atoms. The Balaban J connectivity index is 0.000000193. The number of nitrogens with zero attached hydrogens (tertiary/aromatic N) is 3. The van der Waals surface area contributed by atoms with Gasteiger partial charge < -0.3 is 14.4 Å². The third-order valence-electron chi connectivity index (χ3n) is 9.58. The van der Waals surface area contributed by atoms with Gasteiger partial charge in [0.15, 0.2) is 0 Å². The Kier molecular flexibility index (Phi) is 10.2. The smallest absolute Gasteiger partial charge is 0.216 e. The summed E-state index contributed by atoms with van der Waals surface area (Å²) < 4.78 is 14.5. The summed E-state index contributed by atoms with van der Waals surface area (Å²) in [5, 5.41) is 3.37. The summed E-state index contributed by atoms with van der Waals surface area (Å²) in [5.41, 5.74) is 7.79. The molecular formula is C41H45IrN3OSi-2. The minimum absolute atomic E-state index is 0. The van der Waals surface area contributed by atoms with Crippen LogP contribution in [0.2, 0.25) is 19.6 Å². The van der Waals surface area contributed by atoms with E-state index >= 15 is 0 Å². The van der Waals surface area contributed by atoms with Gasteiger partial charge in [-0.1, -0.05) is 88.8 Å². The molecule has 2 aromatic carbocycles. The summed E-state index contributed by atoms with van der Waals surface area (Å²) in [6.45, 7) is 15.5. The molecule has 1 radical (unpaired) electrons. The van der Waals surface area contributed by atoms with E-state index in [0.29, 0.717) is 5.71 Å². The maximum Gasteiger partial charge on any atom is 0.216 e. The van der Waals surface area contributed by atoms with Crippen molar-refractivity contribution in [1.29, 1.82) is 0 Å². The van der Waals surface area contributed by atoms with Crippen LogP contribution in [0.15, 0.2) is 89.7 Å². The van der Waals surface area contributed by atoms with Gasteiger partial charge in [-0.05, 0) is 70.4 Å². The number of furan rings is 1. The molecule has 4 aromatic heterocycles. The van der Waals surface area contributed by atoms with Gasteiger partial charge in [-0.2, -0.15) is 0 Å². The van der Waals surface area contributed by atoms with Crippen LogP contribution in [-0.4, -0.2) is 23.0 Å². The molecule has 0 bridgehead atoms. The minimum Gasteiger partial charge on any atom is -0.486 e. The minimum atomic E-state index is -1.50. The van der Waals surface area contributed by atoms with Crippen LogP contribution in [0.5, 0.6) is 0 Å². The molecule has 7 rings (SSSR count). The van der Waals surface area contributed by atoms with Gasteiger partial charge >= 0.3 is 0 Å². The summed E-state index contributed by atoms with van der Waals surface area (Å²) in [6, 6.07) is 28.9. The van der Waals surface area contributed by atoms with E-state index in [1.165, 1.54) is 36.4 Å². The zero-order valence-electron chi connectivity index (χ0n) is 29.6. The largest absolute Gasteiger partial charge is 0.486 e. The van der Waals surface area contributed by atoms with Crippen molar-refractivity contribution in [3.05, 3.63) is 109 Å². The van der Waals surface area contributed by atoms with Gasteiger partial charge in [0.05, 0.1) is 13.7 Å². The average Bonchev–Trinajstić information content (AvgIpc) is 3.74. The van der Waals surface area contributed by atoms with Gasteiger partial charge in [0.25, 0.3) is 0 Å². The number of rotatable bonds is 6. The Morgan fingerprint density at radius 3 is 2.36 bits per heavy atom. The van der Waals surface area contributed by atoms with E-state index < -0.39 is 14.0 Å². The average molecular weight is 817 g/mol. The van der Waals surface area contributed by atoms with Crippen molar-refractivity contribution in [2.45, 2.75) is 84.3 Å². The van der Waals surface area contributed by atoms with E-state index in [1.54, 1.807) is 6.20 Å². The summed E-state index contributed by atoms with van der Waals surface area (Å²) >= 11 is 0. The van der Waals surface area contributed by atoms with Crippen LogP contribution in [0, 0.1) is 18.1 Å². The van der Waals surface area contributed by atoms with E-state index in [1.807, 2.05) is 74.8 Å². The van der Waals surface area contributed by atoms with Crippen molar-refractivity contribution in [3.8, 4) is 22.5 Å². The second-order valence-corrected chi connectivity index (χ2v) is 19.4. The Bertz CT molecular complexity index is 2000. The van der Waals surface area contributed by atoms with Crippen LogP contribution in [0.1, 0.15) is 71.8 Å². The van der Waals surface area contributed by atoms with Crippen molar-refractivity contribution in [1.82, 2.24) is 15.0 Å². The zero-order valence-corrected chi connectivity index (χ0v) is 32.0. The van der Waals surface area contributed by atoms with E-state index in [9.17, 15) is 0 Å². The number of fused-ring (bicyclic) bond motifs is 3. The molecule has 0 atom stereocenters. The van der Waals surface area contributed by atoms with Gasteiger partial charge in [0, 0.05) is 45.5 Å². The number of pyridine rings is 3. The van der Waals surface area contributed by atoms with Crippen molar-refractivity contribution in [2.75, 3.05) is 0 Å². The van der Waals surface area contributed by atoms with Crippen molar-refractivity contribution < 1.29 is 25.9 Å². The molecule has 47 heavy (non-hydrogen) atoms. The molecule has 1 aliphatic rings.